The minimum Gasteiger partial charge on any atom is -0.497 e. The monoisotopic (exact) mass is 391 g/mol. The number of nitrogens with one attached hydrogen (secondary N) is 2. The van der Waals surface area contributed by atoms with Crippen molar-refractivity contribution in [2.45, 2.75) is 26.4 Å². The molecule has 1 aromatic heterocycles. The molecule has 2 aromatic carbocycles. The summed E-state index contributed by atoms with van der Waals surface area (Å²) >= 11 is 0. The van der Waals surface area contributed by atoms with Crippen LogP contribution in [-0.2, 0) is 19.5 Å². The van der Waals surface area contributed by atoms with Gasteiger partial charge in [-0.25, -0.2) is 4.99 Å². The Morgan fingerprint density at radius 1 is 1.03 bits per heavy atom. The van der Waals surface area contributed by atoms with Gasteiger partial charge in [0.1, 0.15) is 5.75 Å². The molecule has 0 radical (unpaired) electrons. The summed E-state index contributed by atoms with van der Waals surface area (Å²) in [6, 6.07) is 18.5. The van der Waals surface area contributed by atoms with Crippen molar-refractivity contribution in [3.8, 4) is 5.75 Å². The van der Waals surface area contributed by atoms with E-state index in [4.69, 9.17) is 9.73 Å². The Kier molecular flexibility index (Phi) is 7.69. The number of guanidine groups is 1. The largest absolute Gasteiger partial charge is 0.497 e. The molecule has 0 saturated carbocycles. The van der Waals surface area contributed by atoms with E-state index in [0.29, 0.717) is 6.54 Å². The predicted molar refractivity (Wildman–Crippen MR) is 117 cm³/mol. The first-order valence-electron chi connectivity index (χ1n) is 9.98. The number of hydrogen-bond donors (Lipinski definition) is 2. The fraction of sp³-hybridized carbons (Fsp3) is 0.304. The van der Waals surface area contributed by atoms with Gasteiger partial charge in [-0.15, -0.1) is 0 Å². The lowest BCUT2D eigenvalue weighted by atomic mass is 10.1. The van der Waals surface area contributed by atoms with Crippen molar-refractivity contribution >= 4 is 5.96 Å². The van der Waals surface area contributed by atoms with Crippen molar-refractivity contribution in [1.29, 1.82) is 0 Å². The Labute approximate surface area is 172 Å². The summed E-state index contributed by atoms with van der Waals surface area (Å²) in [5.41, 5.74) is 3.70. The standard InChI is InChI=1S/C23H29N5O/c1-3-24-23(25-15-13-19-9-11-22(29-2)12-10-19)26-17-20-7-4-5-8-21(20)18-28-16-6-14-27-28/h4-12,14,16H,3,13,15,17-18H2,1-2H3,(H2,24,25,26). The molecule has 0 amide bonds. The SMILES string of the molecule is CCNC(=NCc1ccccc1Cn1cccn1)NCCc1ccc(OC)cc1. The summed E-state index contributed by atoms with van der Waals surface area (Å²) in [7, 11) is 1.68. The van der Waals surface area contributed by atoms with Crippen molar-refractivity contribution in [3.05, 3.63) is 83.7 Å². The Bertz CT molecular complexity index is 888. The van der Waals surface area contributed by atoms with Crippen LogP contribution in [0.15, 0.2) is 72.0 Å². The van der Waals surface area contributed by atoms with Crippen molar-refractivity contribution in [1.82, 2.24) is 20.4 Å². The fourth-order valence-electron chi connectivity index (χ4n) is 3.06. The molecule has 2 N–H and O–H groups in total. The number of methoxy groups -OCH3 is 1. The molecule has 0 aliphatic carbocycles. The van der Waals surface area contributed by atoms with Crippen molar-refractivity contribution in [3.63, 3.8) is 0 Å². The highest BCUT2D eigenvalue weighted by molar-refractivity contribution is 5.79. The van der Waals surface area contributed by atoms with E-state index in [1.165, 1.54) is 16.7 Å². The van der Waals surface area contributed by atoms with Crippen molar-refractivity contribution in [2.75, 3.05) is 20.2 Å². The first-order chi connectivity index (χ1) is 14.3. The summed E-state index contributed by atoms with van der Waals surface area (Å²) in [4.78, 5) is 4.78. The molecule has 0 unspecified atom stereocenters. The van der Waals surface area contributed by atoms with E-state index < -0.39 is 0 Å². The maximum Gasteiger partial charge on any atom is 0.191 e. The zero-order chi connectivity index (χ0) is 20.3. The molecule has 0 spiro atoms. The van der Waals surface area contributed by atoms with Gasteiger partial charge in [-0.2, -0.15) is 5.10 Å². The summed E-state index contributed by atoms with van der Waals surface area (Å²) in [5, 5.41) is 11.1. The molecule has 152 valence electrons. The van der Waals surface area contributed by atoms with Crippen LogP contribution in [0.1, 0.15) is 23.6 Å². The summed E-state index contributed by atoms with van der Waals surface area (Å²) in [6.07, 6.45) is 4.70. The van der Waals surface area contributed by atoms with Gasteiger partial charge in [0.25, 0.3) is 0 Å². The minimum absolute atomic E-state index is 0.620. The van der Waals surface area contributed by atoms with E-state index >= 15 is 0 Å². The van der Waals surface area contributed by atoms with Crippen LogP contribution in [-0.4, -0.2) is 35.9 Å². The molecule has 0 aliphatic rings. The molecule has 1 heterocycles. The number of rotatable bonds is 9. The highest BCUT2D eigenvalue weighted by atomic mass is 16.5. The van der Waals surface area contributed by atoms with Crippen LogP contribution in [0.3, 0.4) is 0 Å². The third kappa shape index (κ3) is 6.38. The first kappa shape index (κ1) is 20.5. The van der Waals surface area contributed by atoms with E-state index in [1.807, 2.05) is 29.1 Å². The van der Waals surface area contributed by atoms with E-state index in [-0.39, 0.29) is 0 Å². The number of hydrogen-bond acceptors (Lipinski definition) is 3. The maximum atomic E-state index is 5.21. The third-order valence-electron chi connectivity index (χ3n) is 4.63. The fourth-order valence-corrected chi connectivity index (χ4v) is 3.06. The van der Waals surface area contributed by atoms with Crippen LogP contribution in [0.4, 0.5) is 0 Å². The van der Waals surface area contributed by atoms with E-state index in [9.17, 15) is 0 Å². The molecule has 6 nitrogen and oxygen atoms in total. The number of ether oxygens (including phenoxy) is 1. The molecule has 0 aliphatic heterocycles. The Morgan fingerprint density at radius 3 is 2.52 bits per heavy atom. The molecule has 0 fully saturated rings. The van der Waals surface area contributed by atoms with Crippen LogP contribution in [0, 0.1) is 0 Å². The van der Waals surface area contributed by atoms with Crippen molar-refractivity contribution in [2.24, 2.45) is 4.99 Å². The van der Waals surface area contributed by atoms with Crippen LogP contribution < -0.4 is 15.4 Å². The number of benzene rings is 2. The first-order valence-corrected chi connectivity index (χ1v) is 9.98. The van der Waals surface area contributed by atoms with Gasteiger partial charge in [0.2, 0.25) is 0 Å². The van der Waals surface area contributed by atoms with Crippen LogP contribution in [0.2, 0.25) is 0 Å². The number of aromatic nitrogens is 2. The predicted octanol–water partition coefficient (Wildman–Crippen LogP) is 3.24. The minimum atomic E-state index is 0.620. The number of aliphatic imine (C=N–C) groups is 1. The molecule has 29 heavy (non-hydrogen) atoms. The zero-order valence-electron chi connectivity index (χ0n) is 17.1. The lowest BCUT2D eigenvalue weighted by molar-refractivity contribution is 0.414. The molecule has 3 rings (SSSR count). The second-order valence-corrected chi connectivity index (χ2v) is 6.69. The van der Waals surface area contributed by atoms with Gasteiger partial charge in [0.05, 0.1) is 20.2 Å². The topological polar surface area (TPSA) is 63.5 Å². The third-order valence-corrected chi connectivity index (χ3v) is 4.63. The van der Waals surface area contributed by atoms with E-state index in [2.05, 4.69) is 59.1 Å². The van der Waals surface area contributed by atoms with Gasteiger partial charge < -0.3 is 15.4 Å². The molecule has 0 atom stereocenters. The highest BCUT2D eigenvalue weighted by Crippen LogP contribution is 2.12. The Hall–Kier alpha value is -3.28. The van der Waals surface area contributed by atoms with Gasteiger partial charge in [-0.3, -0.25) is 4.68 Å². The molecule has 0 bridgehead atoms. The lowest BCUT2D eigenvalue weighted by Crippen LogP contribution is -2.38. The Balaban J connectivity index is 1.58. The van der Waals surface area contributed by atoms with Crippen molar-refractivity contribution < 1.29 is 4.74 Å². The average molecular weight is 392 g/mol. The molecule has 0 saturated heterocycles. The summed E-state index contributed by atoms with van der Waals surface area (Å²) in [5.74, 6) is 1.71. The second-order valence-electron chi connectivity index (χ2n) is 6.69. The summed E-state index contributed by atoms with van der Waals surface area (Å²) in [6.45, 7) is 5.08. The van der Waals surface area contributed by atoms with Crippen LogP contribution in [0.25, 0.3) is 0 Å². The zero-order valence-corrected chi connectivity index (χ0v) is 17.1. The van der Waals surface area contributed by atoms with Gasteiger partial charge in [-0.1, -0.05) is 36.4 Å². The maximum absolute atomic E-state index is 5.21. The van der Waals surface area contributed by atoms with E-state index in [0.717, 1.165) is 37.8 Å². The van der Waals surface area contributed by atoms with Gasteiger partial charge in [0.15, 0.2) is 5.96 Å². The van der Waals surface area contributed by atoms with Crippen LogP contribution in [0.5, 0.6) is 5.75 Å². The summed E-state index contributed by atoms with van der Waals surface area (Å²) < 4.78 is 7.14. The molecule has 6 heteroatoms. The normalized spacial score (nSPS) is 11.3. The quantitative estimate of drug-likeness (QED) is 0.434. The smallest absolute Gasteiger partial charge is 0.191 e. The molecular weight excluding hydrogens is 362 g/mol. The Morgan fingerprint density at radius 2 is 1.83 bits per heavy atom. The number of nitrogens with zero attached hydrogens (tertiary/aromatic N) is 3. The lowest BCUT2D eigenvalue weighted by Gasteiger charge is -2.13. The second kappa shape index (κ2) is 10.9. The average Bonchev–Trinajstić information content (AvgIpc) is 3.26. The van der Waals surface area contributed by atoms with Gasteiger partial charge >= 0.3 is 0 Å². The van der Waals surface area contributed by atoms with Gasteiger partial charge in [0, 0.05) is 25.5 Å². The molecular formula is C23H29N5O. The molecule has 3 aromatic rings. The highest BCUT2D eigenvalue weighted by Gasteiger charge is 2.04. The van der Waals surface area contributed by atoms with Gasteiger partial charge in [-0.05, 0) is 48.2 Å². The van der Waals surface area contributed by atoms with Crippen LogP contribution >= 0.6 is 0 Å². The van der Waals surface area contributed by atoms with E-state index in [1.54, 1.807) is 13.3 Å².